The lowest BCUT2D eigenvalue weighted by Crippen LogP contribution is -2.46. The molecule has 0 aromatic heterocycles. The zero-order chi connectivity index (χ0) is 40.0. The Morgan fingerprint density at radius 3 is 1.43 bits per heavy atom. The summed E-state index contributed by atoms with van der Waals surface area (Å²) in [5, 5.41) is 13.9. The number of aliphatic hydroxyl groups is 1. The third-order valence-electron chi connectivity index (χ3n) is 10.5. The number of nitrogens with zero attached hydrogens (tertiary/aromatic N) is 1. The monoisotopic (exact) mass is 788 g/mol. The van der Waals surface area contributed by atoms with Gasteiger partial charge in [-0.1, -0.05) is 187 Å². The van der Waals surface area contributed by atoms with Gasteiger partial charge < -0.3 is 19.8 Å². The van der Waals surface area contributed by atoms with Crippen LogP contribution in [0.4, 0.5) is 0 Å². The summed E-state index contributed by atoms with van der Waals surface area (Å²) in [5.74, 6) is -0.145. The molecular formula is C45H92N2O6P+. The quantitative estimate of drug-likeness (QED) is 0.0246. The first-order chi connectivity index (χ1) is 26.0. The maximum Gasteiger partial charge on any atom is 0.472 e. The number of amides is 1. The molecule has 1 amide bonds. The van der Waals surface area contributed by atoms with Gasteiger partial charge in [-0.15, -0.1) is 0 Å². The molecule has 0 aromatic carbocycles. The minimum atomic E-state index is -4.30. The number of phosphoric acid groups is 1. The van der Waals surface area contributed by atoms with Crippen LogP contribution >= 0.6 is 7.82 Å². The van der Waals surface area contributed by atoms with E-state index in [0.717, 1.165) is 38.5 Å². The Hall–Kier alpha value is -0.760. The zero-order valence-corrected chi connectivity index (χ0v) is 37.4. The van der Waals surface area contributed by atoms with Crippen molar-refractivity contribution in [2.45, 2.75) is 231 Å². The predicted octanol–water partition coefficient (Wildman–Crippen LogP) is 12.8. The SMILES string of the molecule is CCCCCCCC/C=C/CCCCCCCCCCCCCCCC(=O)N[C@@H](COP(=O)(O)OCC[N+](C)(C)C)[C@H](O)CCCCCCCCCCC. The topological polar surface area (TPSA) is 105 Å². The van der Waals surface area contributed by atoms with Crippen molar-refractivity contribution >= 4 is 13.7 Å². The van der Waals surface area contributed by atoms with E-state index in [9.17, 15) is 19.4 Å². The zero-order valence-electron chi connectivity index (χ0n) is 36.5. The fraction of sp³-hybridized carbons (Fsp3) is 0.933. The average molecular weight is 788 g/mol. The normalized spacial score (nSPS) is 14.4. The number of rotatable bonds is 42. The molecule has 3 atom stereocenters. The number of hydrogen-bond acceptors (Lipinski definition) is 5. The largest absolute Gasteiger partial charge is 0.472 e. The molecule has 0 fully saturated rings. The van der Waals surface area contributed by atoms with E-state index in [0.29, 0.717) is 23.9 Å². The van der Waals surface area contributed by atoms with E-state index in [2.05, 4.69) is 31.3 Å². The Labute approximate surface area is 335 Å². The van der Waals surface area contributed by atoms with Crippen molar-refractivity contribution in [1.82, 2.24) is 5.32 Å². The summed E-state index contributed by atoms with van der Waals surface area (Å²) < 4.78 is 23.6. The fourth-order valence-corrected chi connectivity index (χ4v) is 7.54. The van der Waals surface area contributed by atoms with Gasteiger partial charge in [-0.05, 0) is 38.5 Å². The second kappa shape index (κ2) is 37.8. The highest BCUT2D eigenvalue weighted by atomic mass is 31.2. The van der Waals surface area contributed by atoms with Crippen molar-refractivity contribution in [3.63, 3.8) is 0 Å². The molecule has 0 saturated heterocycles. The number of allylic oxidation sites excluding steroid dienone is 2. The number of aliphatic hydroxyl groups excluding tert-OH is 1. The summed E-state index contributed by atoms with van der Waals surface area (Å²) >= 11 is 0. The van der Waals surface area contributed by atoms with Crippen molar-refractivity contribution in [1.29, 1.82) is 0 Å². The van der Waals surface area contributed by atoms with Gasteiger partial charge in [0.15, 0.2) is 0 Å². The van der Waals surface area contributed by atoms with Gasteiger partial charge in [0.25, 0.3) is 0 Å². The number of unbranched alkanes of at least 4 members (excludes halogenated alkanes) is 27. The van der Waals surface area contributed by atoms with Crippen molar-refractivity contribution < 1.29 is 32.9 Å². The third-order valence-corrected chi connectivity index (χ3v) is 11.5. The maximum atomic E-state index is 12.9. The van der Waals surface area contributed by atoms with Gasteiger partial charge in [-0.3, -0.25) is 13.8 Å². The van der Waals surface area contributed by atoms with Crippen LogP contribution in [0.15, 0.2) is 12.2 Å². The third kappa shape index (κ3) is 39.5. The maximum absolute atomic E-state index is 12.9. The van der Waals surface area contributed by atoms with Gasteiger partial charge in [0, 0.05) is 6.42 Å². The van der Waals surface area contributed by atoms with E-state index in [1.54, 1.807) is 0 Å². The van der Waals surface area contributed by atoms with Gasteiger partial charge in [0.1, 0.15) is 13.2 Å². The highest BCUT2D eigenvalue weighted by molar-refractivity contribution is 7.47. The van der Waals surface area contributed by atoms with Crippen molar-refractivity contribution in [2.24, 2.45) is 0 Å². The second-order valence-corrected chi connectivity index (χ2v) is 18.6. The minimum absolute atomic E-state index is 0.0765. The average Bonchev–Trinajstić information content (AvgIpc) is 3.12. The molecule has 0 rings (SSSR count). The molecule has 1 unspecified atom stereocenters. The van der Waals surface area contributed by atoms with Crippen LogP contribution in [0.2, 0.25) is 0 Å². The van der Waals surface area contributed by atoms with E-state index in [4.69, 9.17) is 9.05 Å². The number of hydrogen-bond donors (Lipinski definition) is 3. The van der Waals surface area contributed by atoms with Crippen molar-refractivity contribution in [2.75, 3.05) is 40.9 Å². The lowest BCUT2D eigenvalue weighted by molar-refractivity contribution is -0.870. The fourth-order valence-electron chi connectivity index (χ4n) is 6.81. The van der Waals surface area contributed by atoms with Gasteiger partial charge >= 0.3 is 7.82 Å². The molecule has 0 aliphatic rings. The standard InChI is InChI=1S/C45H91N2O6P/c1-6-8-10-12-14-16-17-18-19-20-21-22-23-24-25-26-27-28-29-31-33-35-37-39-45(49)46-43(42-53-54(50,51)52-41-40-47(3,4)5)44(48)38-36-34-32-30-15-13-11-9-7-2/h18-19,43-44,48H,6-17,20-42H2,1-5H3,(H-,46,49,50,51)/p+1/b19-18+/t43-,44+/m0/s1. The molecular weight excluding hydrogens is 695 g/mol. The van der Waals surface area contributed by atoms with Crippen LogP contribution in [-0.4, -0.2) is 73.4 Å². The Bertz CT molecular complexity index is 896. The van der Waals surface area contributed by atoms with Crippen LogP contribution in [0, 0.1) is 0 Å². The summed E-state index contributed by atoms with van der Waals surface area (Å²) in [5.41, 5.74) is 0. The Morgan fingerprint density at radius 1 is 0.611 bits per heavy atom. The lowest BCUT2D eigenvalue weighted by Gasteiger charge is -2.26. The highest BCUT2D eigenvalue weighted by Gasteiger charge is 2.28. The highest BCUT2D eigenvalue weighted by Crippen LogP contribution is 2.43. The number of nitrogens with one attached hydrogen (secondary N) is 1. The first kappa shape index (κ1) is 53.2. The first-order valence-corrected chi connectivity index (χ1v) is 24.5. The van der Waals surface area contributed by atoms with Gasteiger partial charge in [-0.2, -0.15) is 0 Å². The molecule has 0 heterocycles. The molecule has 0 bridgehead atoms. The smallest absolute Gasteiger partial charge is 0.391 e. The number of likely N-dealkylation sites (N-methyl/N-ethyl adjacent to an activating group) is 1. The van der Waals surface area contributed by atoms with Crippen LogP contribution in [0.3, 0.4) is 0 Å². The number of carbonyl (C=O) groups excluding carboxylic acids is 1. The molecule has 0 aliphatic carbocycles. The number of quaternary nitrogens is 1. The van der Waals surface area contributed by atoms with E-state index in [-0.39, 0.29) is 19.1 Å². The van der Waals surface area contributed by atoms with Crippen molar-refractivity contribution in [3.8, 4) is 0 Å². The van der Waals surface area contributed by atoms with E-state index in [1.165, 1.54) is 154 Å². The summed E-state index contributed by atoms with van der Waals surface area (Å²) in [6, 6.07) is -0.754. The molecule has 0 saturated carbocycles. The Morgan fingerprint density at radius 2 is 1.00 bits per heavy atom. The summed E-state index contributed by atoms with van der Waals surface area (Å²) in [7, 11) is 1.62. The van der Waals surface area contributed by atoms with E-state index >= 15 is 0 Å². The molecule has 0 spiro atoms. The molecule has 0 radical (unpaired) electrons. The first-order valence-electron chi connectivity index (χ1n) is 23.1. The molecule has 3 N–H and O–H groups in total. The van der Waals surface area contributed by atoms with Gasteiger partial charge in [0.2, 0.25) is 5.91 Å². The molecule has 0 aromatic rings. The Balaban J connectivity index is 4.13. The summed E-state index contributed by atoms with van der Waals surface area (Å²) in [6.45, 7) is 4.87. The van der Waals surface area contributed by atoms with Crippen LogP contribution in [0.1, 0.15) is 219 Å². The molecule has 8 nitrogen and oxygen atoms in total. The van der Waals surface area contributed by atoms with Crippen LogP contribution < -0.4 is 5.32 Å². The van der Waals surface area contributed by atoms with Gasteiger partial charge in [0.05, 0.1) is 39.9 Å². The number of phosphoric ester groups is 1. The Kier molecular flexibility index (Phi) is 37.3. The molecule has 322 valence electrons. The molecule has 54 heavy (non-hydrogen) atoms. The minimum Gasteiger partial charge on any atom is -0.391 e. The molecule has 0 aliphatic heterocycles. The summed E-state index contributed by atoms with van der Waals surface area (Å²) in [6.07, 6.45) is 42.5. The summed E-state index contributed by atoms with van der Waals surface area (Å²) in [4.78, 5) is 23.1. The second-order valence-electron chi connectivity index (χ2n) is 17.1. The van der Waals surface area contributed by atoms with Crippen LogP contribution in [-0.2, 0) is 18.4 Å². The van der Waals surface area contributed by atoms with Crippen LogP contribution in [0.5, 0.6) is 0 Å². The van der Waals surface area contributed by atoms with E-state index in [1.807, 2.05) is 21.1 Å². The van der Waals surface area contributed by atoms with Crippen LogP contribution in [0.25, 0.3) is 0 Å². The van der Waals surface area contributed by atoms with Gasteiger partial charge in [-0.25, -0.2) is 4.57 Å². The lowest BCUT2D eigenvalue weighted by atomic mass is 10.0. The van der Waals surface area contributed by atoms with Crippen molar-refractivity contribution in [3.05, 3.63) is 12.2 Å². The predicted molar refractivity (Wildman–Crippen MR) is 231 cm³/mol. The molecule has 9 heteroatoms. The number of carbonyl (C=O) groups is 1. The van der Waals surface area contributed by atoms with E-state index < -0.39 is 20.0 Å².